The van der Waals surface area contributed by atoms with Gasteiger partial charge in [-0.3, -0.25) is 9.69 Å². The maximum absolute atomic E-state index is 12.8. The Morgan fingerprint density at radius 1 is 1.00 bits per heavy atom. The van der Waals surface area contributed by atoms with Crippen LogP contribution in [0.1, 0.15) is 40.5 Å². The van der Waals surface area contributed by atoms with Gasteiger partial charge in [-0.15, -0.1) is 10.2 Å². The summed E-state index contributed by atoms with van der Waals surface area (Å²) in [6.45, 7) is 5.21. The molecule has 3 aromatic carbocycles. The first kappa shape index (κ1) is 23.8. The lowest BCUT2D eigenvalue weighted by Gasteiger charge is -2.22. The molecule has 36 heavy (non-hydrogen) atoms. The first-order valence-electron chi connectivity index (χ1n) is 12.2. The molecule has 1 aliphatic rings. The molecule has 0 unspecified atom stereocenters. The number of hydrogen-bond acceptors (Lipinski definition) is 6. The SMILES string of the molecule is COc1cccc(C(=O)N[C@H](C)c2nnc3n2CCN(Cc2c(OC)ccc4ccccc24)CC3)c1. The summed E-state index contributed by atoms with van der Waals surface area (Å²) in [4.78, 5) is 15.3. The average molecular weight is 486 g/mol. The molecule has 1 aromatic heterocycles. The Hall–Kier alpha value is -3.91. The lowest BCUT2D eigenvalue weighted by molar-refractivity contribution is 0.0937. The lowest BCUT2D eigenvalue weighted by atomic mass is 10.0. The summed E-state index contributed by atoms with van der Waals surface area (Å²) < 4.78 is 13.1. The summed E-state index contributed by atoms with van der Waals surface area (Å²) in [5.41, 5.74) is 1.75. The highest BCUT2D eigenvalue weighted by molar-refractivity contribution is 5.94. The van der Waals surface area contributed by atoms with Gasteiger partial charge in [0.05, 0.1) is 20.3 Å². The Morgan fingerprint density at radius 3 is 2.69 bits per heavy atom. The number of amides is 1. The molecule has 1 N–H and O–H groups in total. The van der Waals surface area contributed by atoms with E-state index in [-0.39, 0.29) is 11.9 Å². The van der Waals surface area contributed by atoms with Crippen LogP contribution in [0.2, 0.25) is 0 Å². The fourth-order valence-electron chi connectivity index (χ4n) is 4.87. The number of aromatic nitrogens is 3. The summed E-state index contributed by atoms with van der Waals surface area (Å²) in [5, 5.41) is 14.4. The molecule has 0 radical (unpaired) electrons. The molecule has 1 aliphatic heterocycles. The number of nitrogens with one attached hydrogen (secondary N) is 1. The van der Waals surface area contributed by atoms with E-state index in [1.54, 1.807) is 32.4 Å². The van der Waals surface area contributed by atoms with E-state index in [4.69, 9.17) is 9.47 Å². The minimum Gasteiger partial charge on any atom is -0.497 e. The number of carbonyl (C=O) groups is 1. The van der Waals surface area contributed by atoms with Crippen molar-refractivity contribution in [2.75, 3.05) is 27.3 Å². The van der Waals surface area contributed by atoms with Gasteiger partial charge in [0.15, 0.2) is 5.82 Å². The molecule has 0 spiro atoms. The van der Waals surface area contributed by atoms with Crippen LogP contribution in [0.15, 0.2) is 60.7 Å². The largest absolute Gasteiger partial charge is 0.497 e. The molecule has 0 aliphatic carbocycles. The van der Waals surface area contributed by atoms with Crippen molar-refractivity contribution < 1.29 is 14.3 Å². The number of benzene rings is 3. The highest BCUT2D eigenvalue weighted by Crippen LogP contribution is 2.30. The third kappa shape index (κ3) is 4.77. The number of nitrogens with zero attached hydrogens (tertiary/aromatic N) is 4. The second-order valence-electron chi connectivity index (χ2n) is 9.05. The Morgan fingerprint density at radius 2 is 1.86 bits per heavy atom. The van der Waals surface area contributed by atoms with Crippen molar-refractivity contribution in [1.29, 1.82) is 0 Å². The molecule has 0 saturated heterocycles. The van der Waals surface area contributed by atoms with E-state index in [9.17, 15) is 4.79 Å². The van der Waals surface area contributed by atoms with Crippen LogP contribution in [-0.4, -0.2) is 52.9 Å². The van der Waals surface area contributed by atoms with Gasteiger partial charge in [-0.1, -0.05) is 36.4 Å². The van der Waals surface area contributed by atoms with Gasteiger partial charge in [-0.2, -0.15) is 0 Å². The van der Waals surface area contributed by atoms with Gasteiger partial charge in [0, 0.05) is 43.7 Å². The highest BCUT2D eigenvalue weighted by atomic mass is 16.5. The van der Waals surface area contributed by atoms with Gasteiger partial charge in [-0.25, -0.2) is 0 Å². The molecule has 8 heteroatoms. The Kier molecular flexibility index (Phi) is 6.86. The molecule has 0 saturated carbocycles. The van der Waals surface area contributed by atoms with E-state index >= 15 is 0 Å². The number of methoxy groups -OCH3 is 2. The fraction of sp³-hybridized carbons (Fsp3) is 0.321. The maximum Gasteiger partial charge on any atom is 0.251 e. The molecular formula is C28H31N5O3. The van der Waals surface area contributed by atoms with Crippen LogP contribution in [0.4, 0.5) is 0 Å². The molecule has 2 heterocycles. The van der Waals surface area contributed by atoms with Crippen LogP contribution in [0.3, 0.4) is 0 Å². The van der Waals surface area contributed by atoms with E-state index in [1.807, 2.05) is 13.0 Å². The quantitative estimate of drug-likeness (QED) is 0.426. The molecule has 0 fully saturated rings. The van der Waals surface area contributed by atoms with Gasteiger partial charge in [-0.05, 0) is 42.0 Å². The zero-order chi connectivity index (χ0) is 25.1. The molecule has 5 rings (SSSR count). The van der Waals surface area contributed by atoms with Crippen molar-refractivity contribution in [2.24, 2.45) is 0 Å². The van der Waals surface area contributed by atoms with Crippen LogP contribution in [0.25, 0.3) is 10.8 Å². The van der Waals surface area contributed by atoms with E-state index in [1.165, 1.54) is 16.3 Å². The third-order valence-corrected chi connectivity index (χ3v) is 6.81. The summed E-state index contributed by atoms with van der Waals surface area (Å²) in [6, 6.07) is 19.4. The number of carbonyl (C=O) groups excluding carboxylic acids is 1. The molecule has 8 nitrogen and oxygen atoms in total. The van der Waals surface area contributed by atoms with E-state index < -0.39 is 0 Å². The van der Waals surface area contributed by atoms with E-state index in [0.29, 0.717) is 11.3 Å². The van der Waals surface area contributed by atoms with Crippen LogP contribution >= 0.6 is 0 Å². The maximum atomic E-state index is 12.8. The second kappa shape index (κ2) is 10.4. The zero-order valence-electron chi connectivity index (χ0n) is 20.9. The topological polar surface area (TPSA) is 81.5 Å². The van der Waals surface area contributed by atoms with E-state index in [0.717, 1.165) is 50.0 Å². The van der Waals surface area contributed by atoms with Crippen LogP contribution in [-0.2, 0) is 19.5 Å². The predicted octanol–water partition coefficient (Wildman–Crippen LogP) is 4.00. The summed E-state index contributed by atoms with van der Waals surface area (Å²) in [6.07, 6.45) is 0.788. The second-order valence-corrected chi connectivity index (χ2v) is 9.05. The van der Waals surface area contributed by atoms with Gasteiger partial charge in [0.25, 0.3) is 5.91 Å². The lowest BCUT2D eigenvalue weighted by Crippen LogP contribution is -2.30. The van der Waals surface area contributed by atoms with Crippen molar-refractivity contribution in [3.63, 3.8) is 0 Å². The van der Waals surface area contributed by atoms with Gasteiger partial charge < -0.3 is 19.4 Å². The van der Waals surface area contributed by atoms with Crippen molar-refractivity contribution >= 4 is 16.7 Å². The molecule has 0 bridgehead atoms. The fourth-order valence-corrected chi connectivity index (χ4v) is 4.87. The number of hydrogen-bond donors (Lipinski definition) is 1. The van der Waals surface area contributed by atoms with Crippen molar-refractivity contribution in [2.45, 2.75) is 32.5 Å². The first-order valence-corrected chi connectivity index (χ1v) is 12.2. The van der Waals surface area contributed by atoms with E-state index in [2.05, 4.69) is 61.4 Å². The Balaban J connectivity index is 1.30. The van der Waals surface area contributed by atoms with Crippen LogP contribution in [0.5, 0.6) is 11.5 Å². The van der Waals surface area contributed by atoms with Gasteiger partial charge in [0.1, 0.15) is 17.3 Å². The minimum atomic E-state index is -0.283. The zero-order valence-corrected chi connectivity index (χ0v) is 20.9. The van der Waals surface area contributed by atoms with Crippen LogP contribution in [0, 0.1) is 0 Å². The third-order valence-electron chi connectivity index (χ3n) is 6.81. The normalized spacial score (nSPS) is 14.6. The number of ether oxygens (including phenoxy) is 2. The molecule has 186 valence electrons. The Bertz CT molecular complexity index is 1380. The van der Waals surface area contributed by atoms with Gasteiger partial charge in [0.2, 0.25) is 0 Å². The monoisotopic (exact) mass is 485 g/mol. The predicted molar refractivity (Wildman–Crippen MR) is 138 cm³/mol. The molecule has 4 aromatic rings. The highest BCUT2D eigenvalue weighted by Gasteiger charge is 2.24. The number of rotatable bonds is 7. The summed E-state index contributed by atoms with van der Waals surface area (Å²) in [5.74, 6) is 3.10. The smallest absolute Gasteiger partial charge is 0.251 e. The van der Waals surface area contributed by atoms with Crippen molar-refractivity contribution in [1.82, 2.24) is 25.0 Å². The summed E-state index contributed by atoms with van der Waals surface area (Å²) >= 11 is 0. The minimum absolute atomic E-state index is 0.169. The Labute approximate surface area is 210 Å². The standard InChI is InChI=1S/C28H31N5O3/c1-19(29-28(34)21-8-6-9-22(17-21)35-2)27-31-30-26-13-14-32(15-16-33(26)27)18-24-23-10-5-4-7-20(23)11-12-25(24)36-3/h4-12,17,19H,13-16,18H2,1-3H3,(H,29,34)/t19-/m1/s1. The van der Waals surface area contributed by atoms with Crippen molar-refractivity contribution in [3.05, 3.63) is 83.4 Å². The summed E-state index contributed by atoms with van der Waals surface area (Å²) in [7, 11) is 3.32. The first-order chi connectivity index (χ1) is 17.6. The molecular weight excluding hydrogens is 454 g/mol. The average Bonchev–Trinajstić information content (AvgIpc) is 3.22. The number of fused-ring (bicyclic) bond motifs is 2. The molecule has 1 atom stereocenters. The van der Waals surface area contributed by atoms with Gasteiger partial charge >= 0.3 is 0 Å². The van der Waals surface area contributed by atoms with Crippen LogP contribution < -0.4 is 14.8 Å². The van der Waals surface area contributed by atoms with Crippen molar-refractivity contribution in [3.8, 4) is 11.5 Å². The molecule has 1 amide bonds.